The predicted molar refractivity (Wildman–Crippen MR) is 98.1 cm³/mol. The molecule has 25 heavy (non-hydrogen) atoms. The summed E-state index contributed by atoms with van der Waals surface area (Å²) in [4.78, 5) is 18.3. The van der Waals surface area contributed by atoms with Gasteiger partial charge in [-0.2, -0.15) is 0 Å². The van der Waals surface area contributed by atoms with Crippen molar-refractivity contribution >= 4 is 5.78 Å². The first kappa shape index (κ1) is 40.3. The zero-order valence-corrected chi connectivity index (χ0v) is 20.2. The summed E-state index contributed by atoms with van der Waals surface area (Å²) in [5.74, 6) is 0.167. The zero-order chi connectivity index (χ0) is 15.5. The molecule has 0 unspecified atom stereocenters. The Balaban J connectivity index is -0.0000000515. The van der Waals surface area contributed by atoms with Crippen LogP contribution >= 0.6 is 0 Å². The van der Waals surface area contributed by atoms with Crippen LogP contribution in [-0.4, -0.2) is 65.9 Å². The monoisotopic (exact) mass is 423 g/mol. The Labute approximate surface area is 212 Å². The average Bonchev–Trinajstić information content (AvgIpc) is 2.97. The molecule has 0 aromatic carbocycles. The first-order valence-electron chi connectivity index (χ1n) is 7.11. The van der Waals surface area contributed by atoms with Crippen molar-refractivity contribution in [3.8, 4) is 0 Å². The van der Waals surface area contributed by atoms with E-state index in [2.05, 4.69) is 72.3 Å². The van der Waals surface area contributed by atoms with Crippen molar-refractivity contribution in [2.45, 2.75) is 42.5 Å². The third-order valence-corrected chi connectivity index (χ3v) is 2.69. The van der Waals surface area contributed by atoms with Crippen LogP contribution in [0.2, 0.25) is 0 Å². The fourth-order valence-electron chi connectivity index (χ4n) is 1.59. The predicted octanol–water partition coefficient (Wildman–Crippen LogP) is -5.76. The summed E-state index contributed by atoms with van der Waals surface area (Å²) in [6.07, 6.45) is 8.40. The minimum absolute atomic E-state index is 0. The molecule has 2 heterocycles. The van der Waals surface area contributed by atoms with Crippen LogP contribution in [0.1, 0.15) is 42.5 Å². The molecule has 0 amide bonds. The molecule has 0 bridgehead atoms. The molecule has 0 aromatic heterocycles. The number of rotatable bonds is 2. The standard InChI is InChI=1S/2C6H12N2.C3H6O.2CH4.2ClH.K/c2*1-3-8-5-4-7(2)6-8;1-3(2)4;;;;;/h2*4-5H,3,6H2,1-2H3;1-2H3;2*1H4;2*1H;/q;;;;;;;+1/p-2. The second-order valence-electron chi connectivity index (χ2n) is 5.11. The quantitative estimate of drug-likeness (QED) is 0.413. The maximum Gasteiger partial charge on any atom is 1.00 e. The molecule has 0 aromatic rings. The summed E-state index contributed by atoms with van der Waals surface area (Å²) in [5, 5.41) is 0. The molecule has 148 valence electrons. The van der Waals surface area contributed by atoms with Crippen LogP contribution in [-0.2, 0) is 4.79 Å². The van der Waals surface area contributed by atoms with E-state index >= 15 is 0 Å². The van der Waals surface area contributed by atoms with Crippen LogP contribution in [0.3, 0.4) is 0 Å². The number of Topliss-reactive ketones (excluding diaryl/α,β-unsaturated/α-hetero) is 1. The number of carbonyl (C=O) groups is 1. The number of carbonyl (C=O) groups excluding carboxylic acids is 1. The Morgan fingerprint density at radius 1 is 0.800 bits per heavy atom. The van der Waals surface area contributed by atoms with Gasteiger partial charge in [0.05, 0.1) is 13.3 Å². The van der Waals surface area contributed by atoms with Gasteiger partial charge in [-0.05, 0) is 27.7 Å². The van der Waals surface area contributed by atoms with E-state index in [1.54, 1.807) is 0 Å². The summed E-state index contributed by atoms with van der Waals surface area (Å²) >= 11 is 0. The van der Waals surface area contributed by atoms with E-state index in [4.69, 9.17) is 0 Å². The van der Waals surface area contributed by atoms with Gasteiger partial charge in [0.1, 0.15) is 5.78 Å². The van der Waals surface area contributed by atoms with Gasteiger partial charge >= 0.3 is 51.4 Å². The number of halogens is 2. The summed E-state index contributed by atoms with van der Waals surface area (Å²) in [5.41, 5.74) is 0. The first-order valence-corrected chi connectivity index (χ1v) is 7.11. The molecule has 0 fully saturated rings. The fourth-order valence-corrected chi connectivity index (χ4v) is 1.59. The van der Waals surface area contributed by atoms with Crippen LogP contribution in [0.5, 0.6) is 0 Å². The smallest absolute Gasteiger partial charge is 1.00 e. The third-order valence-electron chi connectivity index (χ3n) is 2.69. The van der Waals surface area contributed by atoms with E-state index in [-0.39, 0.29) is 96.8 Å². The molecular weight excluding hydrogens is 386 g/mol. The van der Waals surface area contributed by atoms with Crippen molar-refractivity contribution in [3.63, 3.8) is 0 Å². The minimum atomic E-state index is 0. The van der Waals surface area contributed by atoms with Gasteiger partial charge in [-0.25, -0.2) is 0 Å². The van der Waals surface area contributed by atoms with Crippen LogP contribution in [0, 0.1) is 0 Å². The van der Waals surface area contributed by atoms with Crippen LogP contribution < -0.4 is 76.2 Å². The van der Waals surface area contributed by atoms with Gasteiger partial charge in [-0.15, -0.1) is 0 Å². The molecule has 0 spiro atoms. The van der Waals surface area contributed by atoms with Gasteiger partial charge in [-0.3, -0.25) is 0 Å². The molecule has 8 heteroatoms. The van der Waals surface area contributed by atoms with Crippen molar-refractivity contribution < 1.29 is 81.0 Å². The molecule has 0 atom stereocenters. The zero-order valence-electron chi connectivity index (χ0n) is 15.6. The topological polar surface area (TPSA) is 30.0 Å². The number of nitrogens with zero attached hydrogens (tertiary/aromatic N) is 4. The third kappa shape index (κ3) is 24.6. The van der Waals surface area contributed by atoms with Crippen molar-refractivity contribution in [2.75, 3.05) is 40.5 Å². The van der Waals surface area contributed by atoms with Crippen LogP contribution in [0.15, 0.2) is 24.8 Å². The molecule has 0 saturated heterocycles. The SMILES string of the molecule is C.C.CC(C)=O.CCN1C=CN(C)C1.CCN1C=CN(C)C1.[Cl-].[Cl-].[K+]. The van der Waals surface area contributed by atoms with Crippen molar-refractivity contribution in [3.05, 3.63) is 24.8 Å². The van der Waals surface area contributed by atoms with Gasteiger partial charge in [-0.1, -0.05) is 14.9 Å². The molecule has 2 aliphatic rings. The second kappa shape index (κ2) is 24.6. The maximum atomic E-state index is 9.44. The summed E-state index contributed by atoms with van der Waals surface area (Å²) in [6.45, 7) is 11.7. The van der Waals surface area contributed by atoms with Gasteiger partial charge in [0.2, 0.25) is 0 Å². The van der Waals surface area contributed by atoms with Gasteiger partial charge in [0, 0.05) is 52.0 Å². The van der Waals surface area contributed by atoms with Gasteiger partial charge in [0.25, 0.3) is 0 Å². The molecule has 0 radical (unpaired) electrons. The number of hydrogen-bond donors (Lipinski definition) is 0. The van der Waals surface area contributed by atoms with E-state index in [1.165, 1.54) is 13.8 Å². The van der Waals surface area contributed by atoms with E-state index in [9.17, 15) is 4.79 Å². The van der Waals surface area contributed by atoms with E-state index in [0.29, 0.717) is 0 Å². The molecule has 2 rings (SSSR count). The Kier molecular flexibility index (Phi) is 39.6. The van der Waals surface area contributed by atoms with Crippen LogP contribution in [0.25, 0.3) is 0 Å². The minimum Gasteiger partial charge on any atom is -1.00 e. The Bertz CT molecular complexity index is 315. The second-order valence-corrected chi connectivity index (χ2v) is 5.11. The maximum absolute atomic E-state index is 9.44. The van der Waals surface area contributed by atoms with Gasteiger partial charge in [0.15, 0.2) is 0 Å². The van der Waals surface area contributed by atoms with Crippen molar-refractivity contribution in [2.24, 2.45) is 0 Å². The Morgan fingerprint density at radius 2 is 1.04 bits per heavy atom. The number of hydrogen-bond acceptors (Lipinski definition) is 5. The Hall–Kier alpha value is 0.566. The number of ketones is 1. The summed E-state index contributed by atoms with van der Waals surface area (Å²) in [6, 6.07) is 0. The molecule has 0 saturated carbocycles. The van der Waals surface area contributed by atoms with Gasteiger partial charge < -0.3 is 49.2 Å². The molecular formula is C17H38Cl2KN4O-. The summed E-state index contributed by atoms with van der Waals surface area (Å²) < 4.78 is 0. The van der Waals surface area contributed by atoms with Crippen LogP contribution in [0.4, 0.5) is 0 Å². The molecule has 5 nitrogen and oxygen atoms in total. The van der Waals surface area contributed by atoms with Crippen molar-refractivity contribution in [1.82, 2.24) is 19.6 Å². The molecule has 0 N–H and O–H groups in total. The van der Waals surface area contributed by atoms with E-state index < -0.39 is 0 Å². The van der Waals surface area contributed by atoms with E-state index in [1.807, 2.05) is 0 Å². The average molecular weight is 425 g/mol. The normalized spacial score (nSPS) is 12.7. The molecule has 0 aliphatic carbocycles. The Morgan fingerprint density at radius 3 is 1.12 bits per heavy atom. The summed E-state index contributed by atoms with van der Waals surface area (Å²) in [7, 11) is 4.15. The largest absolute Gasteiger partial charge is 1.00 e. The first-order chi connectivity index (χ1) is 9.38. The van der Waals surface area contributed by atoms with Crippen molar-refractivity contribution in [1.29, 1.82) is 0 Å². The molecule has 2 aliphatic heterocycles. The van der Waals surface area contributed by atoms with E-state index in [0.717, 1.165) is 26.4 Å². The fraction of sp³-hybridized carbons (Fsp3) is 0.706.